The highest BCUT2D eigenvalue weighted by atomic mass is 14.1. The van der Waals surface area contributed by atoms with Gasteiger partial charge in [0, 0.05) is 0 Å². The molecule has 0 radical (unpaired) electrons. The van der Waals surface area contributed by atoms with Crippen LogP contribution in [0.25, 0.3) is 0 Å². The third-order valence-electron chi connectivity index (χ3n) is 2.71. The molecule has 0 saturated carbocycles. The highest BCUT2D eigenvalue weighted by Gasteiger charge is 2.04. The van der Waals surface area contributed by atoms with Gasteiger partial charge < -0.3 is 6.15 Å². The van der Waals surface area contributed by atoms with Crippen LogP contribution in [-0.4, -0.2) is 0 Å². The van der Waals surface area contributed by atoms with Gasteiger partial charge in [0.25, 0.3) is 0 Å². The summed E-state index contributed by atoms with van der Waals surface area (Å²) in [5.74, 6) is 0. The largest absolute Gasteiger partial charge is 0.344 e. The summed E-state index contributed by atoms with van der Waals surface area (Å²) < 4.78 is 0. The van der Waals surface area contributed by atoms with Gasteiger partial charge in [-0.15, -0.1) is 0 Å². The Balaban J connectivity index is 0. The summed E-state index contributed by atoms with van der Waals surface area (Å²) in [6.07, 6.45) is 10.6. The summed E-state index contributed by atoms with van der Waals surface area (Å²) in [7, 11) is 0. The van der Waals surface area contributed by atoms with E-state index in [4.69, 9.17) is 0 Å². The molecule has 0 fully saturated rings. The maximum absolute atomic E-state index is 2.30. The van der Waals surface area contributed by atoms with Crippen LogP contribution < -0.4 is 6.15 Å². The molecule has 0 heterocycles. The summed E-state index contributed by atoms with van der Waals surface area (Å²) in [5.41, 5.74) is 3.55. The maximum Gasteiger partial charge on any atom is -0.0320 e. The van der Waals surface area contributed by atoms with Gasteiger partial charge in [-0.3, -0.25) is 0 Å². The fourth-order valence-corrected chi connectivity index (χ4v) is 2.16. The fraction of sp³-hybridized carbons (Fsp3) is 0.857. The molecule has 0 spiro atoms. The Morgan fingerprint density at radius 2 is 0.733 bits per heavy atom. The van der Waals surface area contributed by atoms with Gasteiger partial charge in [-0.1, -0.05) is 64.5 Å². The minimum Gasteiger partial charge on any atom is -0.344 e. The normalized spacial score (nSPS) is 9.60. The van der Waals surface area contributed by atoms with Gasteiger partial charge in [0.05, 0.1) is 0 Å². The number of hydrogen-bond acceptors (Lipinski definition) is 1. The monoisotopic (exact) mass is 213 g/mol. The topological polar surface area (TPSA) is 35.0 Å². The Morgan fingerprint density at radius 3 is 0.867 bits per heavy atom. The Morgan fingerprint density at radius 1 is 0.533 bits per heavy atom. The predicted octanol–water partition coefficient (Wildman–Crippen LogP) is 5.65. The standard InChI is InChI=1S/C14H28.H3N/c1-5-9-13(10-6-2)14(11-7-3)12-8-4;/h5-12H2,1-4H3;1H3. The first kappa shape index (κ1) is 17.1. The number of allylic oxidation sites excluding steroid dienone is 2. The van der Waals surface area contributed by atoms with E-state index in [2.05, 4.69) is 27.7 Å². The lowest BCUT2D eigenvalue weighted by Gasteiger charge is -2.13. The summed E-state index contributed by atoms with van der Waals surface area (Å²) in [6, 6.07) is 0. The van der Waals surface area contributed by atoms with Gasteiger partial charge in [-0.2, -0.15) is 0 Å². The van der Waals surface area contributed by atoms with Crippen LogP contribution in [0.15, 0.2) is 11.1 Å². The zero-order valence-electron chi connectivity index (χ0n) is 11.4. The average Bonchev–Trinajstić information content (AvgIpc) is 2.17. The van der Waals surface area contributed by atoms with Gasteiger partial charge in [0.1, 0.15) is 0 Å². The second-order valence-corrected chi connectivity index (χ2v) is 4.21. The molecule has 15 heavy (non-hydrogen) atoms. The van der Waals surface area contributed by atoms with Crippen LogP contribution in [0, 0.1) is 0 Å². The predicted molar refractivity (Wildman–Crippen MR) is 71.7 cm³/mol. The van der Waals surface area contributed by atoms with E-state index in [1.807, 2.05) is 0 Å². The first-order valence-corrected chi connectivity index (χ1v) is 6.49. The SMILES string of the molecule is CCCC(CCC)=C(CCC)CCC.N. The van der Waals surface area contributed by atoms with Gasteiger partial charge in [0.2, 0.25) is 0 Å². The quantitative estimate of drug-likeness (QED) is 0.520. The summed E-state index contributed by atoms with van der Waals surface area (Å²) in [6.45, 7) is 9.19. The highest BCUT2D eigenvalue weighted by molar-refractivity contribution is 5.14. The van der Waals surface area contributed by atoms with Crippen molar-refractivity contribution in [3.63, 3.8) is 0 Å². The van der Waals surface area contributed by atoms with Crippen molar-refractivity contribution in [3.05, 3.63) is 11.1 Å². The molecule has 0 aromatic rings. The molecule has 0 unspecified atom stereocenters. The third kappa shape index (κ3) is 7.61. The molecular formula is C14H31N. The van der Waals surface area contributed by atoms with Crippen molar-refractivity contribution in [1.29, 1.82) is 0 Å². The van der Waals surface area contributed by atoms with E-state index < -0.39 is 0 Å². The van der Waals surface area contributed by atoms with Crippen molar-refractivity contribution in [3.8, 4) is 0 Å². The van der Waals surface area contributed by atoms with E-state index in [-0.39, 0.29) is 6.15 Å². The van der Waals surface area contributed by atoms with Crippen LogP contribution in [-0.2, 0) is 0 Å². The van der Waals surface area contributed by atoms with Crippen molar-refractivity contribution in [2.24, 2.45) is 0 Å². The molecule has 0 bridgehead atoms. The Kier molecular flexibility index (Phi) is 13.4. The molecule has 0 rings (SSSR count). The molecule has 1 nitrogen and oxygen atoms in total. The second-order valence-electron chi connectivity index (χ2n) is 4.21. The van der Waals surface area contributed by atoms with E-state index in [9.17, 15) is 0 Å². The number of rotatable bonds is 8. The minimum absolute atomic E-state index is 0. The third-order valence-corrected chi connectivity index (χ3v) is 2.71. The molecule has 0 aliphatic heterocycles. The molecule has 0 atom stereocenters. The van der Waals surface area contributed by atoms with E-state index in [1.165, 1.54) is 51.4 Å². The molecule has 0 aromatic heterocycles. The van der Waals surface area contributed by atoms with E-state index in [0.717, 1.165) is 0 Å². The second kappa shape index (κ2) is 11.8. The number of hydrogen-bond donors (Lipinski definition) is 1. The molecular weight excluding hydrogens is 182 g/mol. The van der Waals surface area contributed by atoms with E-state index in [0.29, 0.717) is 0 Å². The van der Waals surface area contributed by atoms with Crippen LogP contribution >= 0.6 is 0 Å². The minimum atomic E-state index is 0. The smallest absolute Gasteiger partial charge is 0.0320 e. The van der Waals surface area contributed by atoms with Gasteiger partial charge in [-0.25, -0.2) is 0 Å². The Labute approximate surface area is 96.9 Å². The molecule has 3 N–H and O–H groups in total. The lowest BCUT2D eigenvalue weighted by molar-refractivity contribution is 0.724. The molecule has 0 aliphatic carbocycles. The van der Waals surface area contributed by atoms with Crippen molar-refractivity contribution < 1.29 is 0 Å². The Hall–Kier alpha value is -0.300. The van der Waals surface area contributed by atoms with Crippen molar-refractivity contribution in [2.75, 3.05) is 0 Å². The zero-order valence-corrected chi connectivity index (χ0v) is 11.4. The molecule has 1 heteroatoms. The van der Waals surface area contributed by atoms with Crippen LogP contribution in [0.5, 0.6) is 0 Å². The summed E-state index contributed by atoms with van der Waals surface area (Å²) in [4.78, 5) is 0. The van der Waals surface area contributed by atoms with Crippen LogP contribution in [0.3, 0.4) is 0 Å². The lowest BCUT2D eigenvalue weighted by atomic mass is 9.93. The summed E-state index contributed by atoms with van der Waals surface area (Å²) >= 11 is 0. The van der Waals surface area contributed by atoms with Gasteiger partial charge >= 0.3 is 0 Å². The van der Waals surface area contributed by atoms with Crippen LogP contribution in [0.2, 0.25) is 0 Å². The van der Waals surface area contributed by atoms with Crippen molar-refractivity contribution in [2.45, 2.75) is 79.1 Å². The van der Waals surface area contributed by atoms with E-state index >= 15 is 0 Å². The fourth-order valence-electron chi connectivity index (χ4n) is 2.16. The molecule has 0 aliphatic rings. The van der Waals surface area contributed by atoms with E-state index in [1.54, 1.807) is 11.1 Å². The molecule has 0 amide bonds. The van der Waals surface area contributed by atoms with Crippen LogP contribution in [0.4, 0.5) is 0 Å². The first-order valence-electron chi connectivity index (χ1n) is 6.49. The van der Waals surface area contributed by atoms with Crippen molar-refractivity contribution in [1.82, 2.24) is 6.15 Å². The Bertz CT molecular complexity index is 125. The zero-order chi connectivity index (χ0) is 10.8. The molecule has 92 valence electrons. The van der Waals surface area contributed by atoms with Gasteiger partial charge in [-0.05, 0) is 25.7 Å². The molecule has 0 aromatic carbocycles. The van der Waals surface area contributed by atoms with Crippen molar-refractivity contribution >= 4 is 0 Å². The van der Waals surface area contributed by atoms with Gasteiger partial charge in [0.15, 0.2) is 0 Å². The lowest BCUT2D eigenvalue weighted by Crippen LogP contribution is -1.93. The first-order chi connectivity index (χ1) is 6.79. The average molecular weight is 213 g/mol. The van der Waals surface area contributed by atoms with Crippen LogP contribution in [0.1, 0.15) is 79.1 Å². The molecule has 0 saturated heterocycles. The summed E-state index contributed by atoms with van der Waals surface area (Å²) in [5, 5.41) is 0. The highest BCUT2D eigenvalue weighted by Crippen LogP contribution is 2.24. The maximum atomic E-state index is 2.30.